The van der Waals surface area contributed by atoms with Crippen LogP contribution in [-0.4, -0.2) is 81.6 Å². The van der Waals surface area contributed by atoms with Gasteiger partial charge in [0.25, 0.3) is 5.91 Å². The van der Waals surface area contributed by atoms with E-state index in [2.05, 4.69) is 31.6 Å². The van der Waals surface area contributed by atoms with Crippen molar-refractivity contribution in [2.75, 3.05) is 39.4 Å². The Morgan fingerprint density at radius 1 is 1.11 bits per heavy atom. The van der Waals surface area contributed by atoms with Gasteiger partial charge in [0.1, 0.15) is 5.69 Å². The largest absolute Gasteiger partial charge is 0.490 e. The van der Waals surface area contributed by atoms with E-state index in [9.17, 15) is 18.0 Å². The molecule has 3 aromatic rings. The topological polar surface area (TPSA) is 101 Å². The van der Waals surface area contributed by atoms with E-state index in [1.54, 1.807) is 0 Å². The molecule has 1 aliphatic carbocycles. The van der Waals surface area contributed by atoms with Gasteiger partial charge >= 0.3 is 12.1 Å². The molecule has 0 atom stereocenters. The standard InChI is InChI=1S/C23H29N5O2.C2HF3O2/c29-23(24-9-12-26-13-15-30-16-14-26)19-17-22(27-10-4-3-7-21(19)27)20-8-11-28(25-20)18-5-1-2-6-18;3-2(4,5)1(6)7/h3-4,7-8,10-11,17-18H,1-2,5-6,9,12-16H2,(H,24,29);(H,6,7). The SMILES string of the molecule is O=C(NCCN1CCOCC1)c1cc(-c2ccn(C3CCCC3)n2)n2ccccc12.O=C(O)C(F)(F)F. The fourth-order valence-corrected chi connectivity index (χ4v) is 4.63. The maximum atomic E-state index is 13.0. The minimum atomic E-state index is -5.08. The predicted molar refractivity (Wildman–Crippen MR) is 129 cm³/mol. The van der Waals surface area contributed by atoms with Gasteiger partial charge in [-0.05, 0) is 37.1 Å². The number of nitrogens with zero attached hydrogens (tertiary/aromatic N) is 4. The summed E-state index contributed by atoms with van der Waals surface area (Å²) in [5.74, 6) is -2.79. The van der Waals surface area contributed by atoms with Crippen molar-refractivity contribution in [2.45, 2.75) is 37.9 Å². The maximum absolute atomic E-state index is 13.0. The second-order valence-corrected chi connectivity index (χ2v) is 9.03. The maximum Gasteiger partial charge on any atom is 0.490 e. The van der Waals surface area contributed by atoms with Crippen molar-refractivity contribution in [1.82, 2.24) is 24.4 Å². The number of amides is 1. The van der Waals surface area contributed by atoms with Crippen molar-refractivity contribution in [3.8, 4) is 11.4 Å². The van der Waals surface area contributed by atoms with Crippen LogP contribution in [0, 0.1) is 0 Å². The lowest BCUT2D eigenvalue weighted by Crippen LogP contribution is -2.41. The highest BCUT2D eigenvalue weighted by molar-refractivity contribution is 6.02. The monoisotopic (exact) mass is 521 g/mol. The molecule has 1 amide bonds. The number of alkyl halides is 3. The second-order valence-electron chi connectivity index (χ2n) is 9.03. The molecule has 12 heteroatoms. The summed E-state index contributed by atoms with van der Waals surface area (Å²) in [6.07, 6.45) is 3.96. The van der Waals surface area contributed by atoms with Gasteiger partial charge < -0.3 is 19.6 Å². The van der Waals surface area contributed by atoms with Crippen molar-refractivity contribution in [1.29, 1.82) is 0 Å². The summed E-state index contributed by atoms with van der Waals surface area (Å²) >= 11 is 0. The second kappa shape index (κ2) is 11.8. The van der Waals surface area contributed by atoms with Crippen LogP contribution in [0.25, 0.3) is 16.9 Å². The normalized spacial score (nSPS) is 16.9. The number of hydrogen-bond donors (Lipinski definition) is 2. The zero-order valence-electron chi connectivity index (χ0n) is 20.3. The fourth-order valence-electron chi connectivity index (χ4n) is 4.63. The van der Waals surface area contributed by atoms with Crippen molar-refractivity contribution < 1.29 is 32.6 Å². The number of carboxylic acids is 1. The van der Waals surface area contributed by atoms with E-state index in [-0.39, 0.29) is 5.91 Å². The first-order chi connectivity index (χ1) is 17.7. The first-order valence-electron chi connectivity index (χ1n) is 12.3. The van der Waals surface area contributed by atoms with Crippen molar-refractivity contribution >= 4 is 17.4 Å². The Morgan fingerprint density at radius 2 is 1.81 bits per heavy atom. The molecule has 0 aromatic carbocycles. The Labute approximate surface area is 211 Å². The molecule has 4 heterocycles. The minimum absolute atomic E-state index is 0.0339. The Bertz CT molecular complexity index is 1210. The van der Waals surface area contributed by atoms with E-state index in [1.807, 2.05) is 30.5 Å². The number of rotatable bonds is 6. The Hall–Kier alpha value is -3.38. The van der Waals surface area contributed by atoms with E-state index < -0.39 is 12.1 Å². The number of carboxylic acid groups (broad SMARTS) is 1. The van der Waals surface area contributed by atoms with Crippen LogP contribution in [0.15, 0.2) is 42.7 Å². The van der Waals surface area contributed by atoms with Gasteiger partial charge in [0.05, 0.1) is 36.0 Å². The van der Waals surface area contributed by atoms with Gasteiger partial charge in [0.2, 0.25) is 0 Å². The third-order valence-electron chi connectivity index (χ3n) is 6.55. The molecule has 2 fully saturated rings. The minimum Gasteiger partial charge on any atom is -0.475 e. The van der Waals surface area contributed by atoms with Crippen LogP contribution >= 0.6 is 0 Å². The molecule has 2 N–H and O–H groups in total. The molecule has 37 heavy (non-hydrogen) atoms. The molecule has 200 valence electrons. The summed E-state index contributed by atoms with van der Waals surface area (Å²) in [5.41, 5.74) is 3.48. The van der Waals surface area contributed by atoms with Gasteiger partial charge in [-0.3, -0.25) is 14.4 Å². The summed E-state index contributed by atoms with van der Waals surface area (Å²) < 4.78 is 41.3. The number of carbonyl (C=O) groups excluding carboxylic acids is 1. The number of hydrogen-bond acceptors (Lipinski definition) is 5. The third kappa shape index (κ3) is 6.69. The first-order valence-corrected chi connectivity index (χ1v) is 12.3. The highest BCUT2D eigenvalue weighted by Crippen LogP contribution is 2.31. The molecule has 1 saturated carbocycles. The van der Waals surface area contributed by atoms with Crippen LogP contribution < -0.4 is 5.32 Å². The summed E-state index contributed by atoms with van der Waals surface area (Å²) in [4.78, 5) is 24.2. The summed E-state index contributed by atoms with van der Waals surface area (Å²) in [5, 5.41) is 15.1. The molecule has 0 unspecified atom stereocenters. The Kier molecular flexibility index (Phi) is 8.49. The zero-order valence-corrected chi connectivity index (χ0v) is 20.3. The molecule has 1 aliphatic heterocycles. The molecule has 0 spiro atoms. The number of aromatic nitrogens is 3. The summed E-state index contributed by atoms with van der Waals surface area (Å²) in [6.45, 7) is 4.88. The van der Waals surface area contributed by atoms with Gasteiger partial charge in [-0.2, -0.15) is 18.3 Å². The molecule has 5 rings (SSSR count). The molecule has 3 aromatic heterocycles. The lowest BCUT2D eigenvalue weighted by molar-refractivity contribution is -0.192. The van der Waals surface area contributed by atoms with Gasteiger partial charge in [-0.25, -0.2) is 4.79 Å². The van der Waals surface area contributed by atoms with Gasteiger partial charge in [-0.15, -0.1) is 0 Å². The quantitative estimate of drug-likeness (QED) is 0.514. The van der Waals surface area contributed by atoms with Gasteiger partial charge in [0.15, 0.2) is 0 Å². The smallest absolute Gasteiger partial charge is 0.475 e. The number of pyridine rings is 1. The van der Waals surface area contributed by atoms with E-state index in [1.165, 1.54) is 25.7 Å². The van der Waals surface area contributed by atoms with Crippen molar-refractivity contribution in [3.63, 3.8) is 0 Å². The van der Waals surface area contributed by atoms with Crippen LogP contribution in [0.4, 0.5) is 13.2 Å². The van der Waals surface area contributed by atoms with E-state index >= 15 is 0 Å². The molecular formula is C25H30F3N5O4. The van der Waals surface area contributed by atoms with Crippen molar-refractivity contribution in [2.24, 2.45) is 0 Å². The molecule has 2 aliphatic rings. The van der Waals surface area contributed by atoms with Gasteiger partial charge in [0, 0.05) is 38.6 Å². The summed E-state index contributed by atoms with van der Waals surface area (Å²) in [7, 11) is 0. The van der Waals surface area contributed by atoms with E-state index in [4.69, 9.17) is 19.7 Å². The van der Waals surface area contributed by atoms with E-state index in [0.717, 1.165) is 49.8 Å². The van der Waals surface area contributed by atoms with Gasteiger partial charge in [-0.1, -0.05) is 18.9 Å². The fraction of sp³-hybridized carbons (Fsp3) is 0.480. The zero-order chi connectivity index (χ0) is 26.4. The predicted octanol–water partition coefficient (Wildman–Crippen LogP) is 3.61. The highest BCUT2D eigenvalue weighted by atomic mass is 19.4. The lowest BCUT2D eigenvalue weighted by Gasteiger charge is -2.26. The van der Waals surface area contributed by atoms with Crippen LogP contribution in [0.3, 0.4) is 0 Å². The number of morpholine rings is 1. The number of nitrogens with one attached hydrogen (secondary N) is 1. The van der Waals surface area contributed by atoms with Crippen LogP contribution in [0.1, 0.15) is 42.1 Å². The number of ether oxygens (including phenoxy) is 1. The third-order valence-corrected chi connectivity index (χ3v) is 6.55. The van der Waals surface area contributed by atoms with Crippen LogP contribution in [-0.2, 0) is 9.53 Å². The lowest BCUT2D eigenvalue weighted by atomic mass is 10.2. The number of carbonyl (C=O) groups is 2. The van der Waals surface area contributed by atoms with Crippen LogP contribution in [0.5, 0.6) is 0 Å². The number of aliphatic carboxylic acids is 1. The number of halogens is 3. The van der Waals surface area contributed by atoms with Crippen LogP contribution in [0.2, 0.25) is 0 Å². The average molecular weight is 522 g/mol. The highest BCUT2D eigenvalue weighted by Gasteiger charge is 2.38. The Morgan fingerprint density at radius 3 is 2.49 bits per heavy atom. The summed E-state index contributed by atoms with van der Waals surface area (Å²) in [6, 6.07) is 10.5. The Balaban J connectivity index is 0.000000405. The number of fused-ring (bicyclic) bond motifs is 1. The molecular weight excluding hydrogens is 491 g/mol. The van der Waals surface area contributed by atoms with E-state index in [0.29, 0.717) is 18.2 Å². The molecule has 1 saturated heterocycles. The molecule has 0 radical (unpaired) electrons. The average Bonchev–Trinajstić information content (AvgIpc) is 3.64. The molecule has 0 bridgehead atoms. The molecule has 9 nitrogen and oxygen atoms in total. The van der Waals surface area contributed by atoms with Crippen molar-refractivity contribution in [3.05, 3.63) is 48.3 Å². The first kappa shape index (κ1) is 26.7.